The van der Waals surface area contributed by atoms with E-state index in [2.05, 4.69) is 26.1 Å². The third-order valence-corrected chi connectivity index (χ3v) is 4.82. The van der Waals surface area contributed by atoms with Gasteiger partial charge in [0.15, 0.2) is 5.78 Å². The summed E-state index contributed by atoms with van der Waals surface area (Å²) in [5.74, 6) is -0.561. The van der Waals surface area contributed by atoms with Gasteiger partial charge in [0.1, 0.15) is 6.54 Å². The number of carbonyl (C=O) groups is 2. The Labute approximate surface area is 157 Å². The minimum Gasteiger partial charge on any atom is -0.350 e. The Morgan fingerprint density at radius 2 is 1.69 bits per heavy atom. The Morgan fingerprint density at radius 1 is 1.12 bits per heavy atom. The maximum Gasteiger partial charge on any atom is 0.241 e. The van der Waals surface area contributed by atoms with E-state index in [-0.39, 0.29) is 17.7 Å². The number of sulfonamides is 1. The standard InChI is InChI=1S/C19H30N2O4S/c1-14(22)15-9-8-10-16(11-15)21(26(7,24)25)12-17(23)20-19(5,6)13-18(2,3)4/h8-11H,12-13H2,1-7H3,(H,20,23). The summed E-state index contributed by atoms with van der Waals surface area (Å²) in [7, 11) is -3.69. The number of amides is 1. The molecule has 0 aliphatic carbocycles. The molecule has 1 amide bonds. The smallest absolute Gasteiger partial charge is 0.241 e. The summed E-state index contributed by atoms with van der Waals surface area (Å²) in [5.41, 5.74) is 0.233. The summed E-state index contributed by atoms with van der Waals surface area (Å²) < 4.78 is 25.4. The highest BCUT2D eigenvalue weighted by molar-refractivity contribution is 7.92. The van der Waals surface area contributed by atoms with Crippen molar-refractivity contribution in [3.8, 4) is 0 Å². The number of hydrogen-bond acceptors (Lipinski definition) is 4. The number of Topliss-reactive ketones (excluding diaryl/α,β-unsaturated/α-hetero) is 1. The van der Waals surface area contributed by atoms with Crippen molar-refractivity contribution in [2.75, 3.05) is 17.1 Å². The summed E-state index contributed by atoms with van der Waals surface area (Å²) in [6, 6.07) is 6.27. The highest BCUT2D eigenvalue weighted by Gasteiger charge is 2.29. The first-order valence-electron chi connectivity index (χ1n) is 8.50. The van der Waals surface area contributed by atoms with E-state index in [1.54, 1.807) is 18.2 Å². The molecule has 0 radical (unpaired) electrons. The molecule has 0 saturated heterocycles. The number of carbonyl (C=O) groups excluding carboxylic acids is 2. The van der Waals surface area contributed by atoms with Crippen LogP contribution in [-0.4, -0.2) is 38.4 Å². The van der Waals surface area contributed by atoms with E-state index in [4.69, 9.17) is 0 Å². The third kappa shape index (κ3) is 7.15. The summed E-state index contributed by atoms with van der Waals surface area (Å²) >= 11 is 0. The number of nitrogens with zero attached hydrogens (tertiary/aromatic N) is 1. The van der Waals surface area contributed by atoms with Gasteiger partial charge in [0.25, 0.3) is 0 Å². The van der Waals surface area contributed by atoms with Crippen LogP contribution >= 0.6 is 0 Å². The van der Waals surface area contributed by atoms with Crippen LogP contribution in [0.1, 0.15) is 58.3 Å². The highest BCUT2D eigenvalue weighted by Crippen LogP contribution is 2.27. The number of anilines is 1. The van der Waals surface area contributed by atoms with E-state index < -0.39 is 21.5 Å². The second-order valence-corrected chi connectivity index (χ2v) is 10.5. The van der Waals surface area contributed by atoms with Crippen molar-refractivity contribution in [2.45, 2.75) is 53.5 Å². The molecule has 0 aliphatic rings. The monoisotopic (exact) mass is 382 g/mol. The molecule has 0 aromatic heterocycles. The fourth-order valence-corrected chi connectivity index (χ4v) is 4.05. The molecule has 7 heteroatoms. The van der Waals surface area contributed by atoms with Crippen molar-refractivity contribution >= 4 is 27.4 Å². The number of rotatable bonds is 7. The Bertz CT molecular complexity index is 777. The van der Waals surface area contributed by atoms with Crippen molar-refractivity contribution in [3.63, 3.8) is 0 Å². The molecule has 1 aromatic carbocycles. The Balaban J connectivity index is 3.05. The molecular formula is C19H30N2O4S. The zero-order valence-electron chi connectivity index (χ0n) is 16.7. The van der Waals surface area contributed by atoms with E-state index in [9.17, 15) is 18.0 Å². The van der Waals surface area contributed by atoms with Gasteiger partial charge in [-0.15, -0.1) is 0 Å². The zero-order chi connectivity index (χ0) is 20.3. The molecule has 0 aliphatic heterocycles. The second kappa shape index (κ2) is 7.78. The van der Waals surface area contributed by atoms with Crippen molar-refractivity contribution in [2.24, 2.45) is 5.41 Å². The van der Waals surface area contributed by atoms with Gasteiger partial charge in [0.2, 0.25) is 15.9 Å². The van der Waals surface area contributed by atoms with Crippen LogP contribution in [0, 0.1) is 5.41 Å². The second-order valence-electron chi connectivity index (χ2n) is 8.55. The number of nitrogens with one attached hydrogen (secondary N) is 1. The molecule has 1 aromatic rings. The predicted molar refractivity (Wildman–Crippen MR) is 105 cm³/mol. The lowest BCUT2D eigenvalue weighted by atomic mass is 9.82. The first kappa shape index (κ1) is 22.2. The maximum absolute atomic E-state index is 12.5. The molecule has 6 nitrogen and oxygen atoms in total. The third-order valence-electron chi connectivity index (χ3n) is 3.68. The SMILES string of the molecule is CC(=O)c1cccc(N(CC(=O)NC(C)(C)CC(C)(C)C)S(C)(=O)=O)c1. The van der Waals surface area contributed by atoms with E-state index in [1.807, 2.05) is 13.8 Å². The molecule has 0 atom stereocenters. The van der Waals surface area contributed by atoms with Crippen molar-refractivity contribution in [1.29, 1.82) is 0 Å². The summed E-state index contributed by atoms with van der Waals surface area (Å²) in [4.78, 5) is 24.1. The molecule has 1 N–H and O–H groups in total. The van der Waals surface area contributed by atoms with Gasteiger partial charge >= 0.3 is 0 Å². The fraction of sp³-hybridized carbons (Fsp3) is 0.579. The molecule has 0 bridgehead atoms. The molecule has 0 spiro atoms. The van der Waals surface area contributed by atoms with E-state index in [0.29, 0.717) is 11.3 Å². The van der Waals surface area contributed by atoms with Crippen LogP contribution in [0.2, 0.25) is 0 Å². The van der Waals surface area contributed by atoms with E-state index in [1.165, 1.54) is 13.0 Å². The zero-order valence-corrected chi connectivity index (χ0v) is 17.5. The summed E-state index contributed by atoms with van der Waals surface area (Å²) in [6.45, 7) is 11.1. The van der Waals surface area contributed by atoms with Crippen LogP contribution in [0.5, 0.6) is 0 Å². The normalized spacial score (nSPS) is 12.6. The van der Waals surface area contributed by atoms with Crippen LogP contribution in [0.3, 0.4) is 0 Å². The Kier molecular flexibility index (Phi) is 6.63. The average Bonchev–Trinajstić information content (AvgIpc) is 2.40. The molecule has 0 unspecified atom stereocenters. The maximum atomic E-state index is 12.5. The number of hydrogen-bond donors (Lipinski definition) is 1. The lowest BCUT2D eigenvalue weighted by Gasteiger charge is -2.34. The van der Waals surface area contributed by atoms with Gasteiger partial charge in [-0.1, -0.05) is 32.9 Å². The van der Waals surface area contributed by atoms with Gasteiger partial charge < -0.3 is 5.32 Å². The van der Waals surface area contributed by atoms with Gasteiger partial charge in [0, 0.05) is 11.1 Å². The lowest BCUT2D eigenvalue weighted by molar-refractivity contribution is -0.121. The molecule has 0 heterocycles. The summed E-state index contributed by atoms with van der Waals surface area (Å²) in [6.07, 6.45) is 1.78. The van der Waals surface area contributed by atoms with Crippen molar-refractivity contribution in [1.82, 2.24) is 5.32 Å². The van der Waals surface area contributed by atoms with Crippen molar-refractivity contribution in [3.05, 3.63) is 29.8 Å². The van der Waals surface area contributed by atoms with Gasteiger partial charge in [0.05, 0.1) is 11.9 Å². The minimum atomic E-state index is -3.69. The molecule has 0 fully saturated rings. The Morgan fingerprint density at radius 3 is 2.15 bits per heavy atom. The highest BCUT2D eigenvalue weighted by atomic mass is 32.2. The predicted octanol–water partition coefficient (Wildman–Crippen LogP) is 2.99. The Hall–Kier alpha value is -1.89. The molecule has 146 valence electrons. The molecular weight excluding hydrogens is 352 g/mol. The van der Waals surface area contributed by atoms with Crippen LogP contribution in [0.25, 0.3) is 0 Å². The quantitative estimate of drug-likeness (QED) is 0.735. The van der Waals surface area contributed by atoms with Crippen LogP contribution in [0.4, 0.5) is 5.69 Å². The van der Waals surface area contributed by atoms with E-state index >= 15 is 0 Å². The molecule has 0 saturated carbocycles. The van der Waals surface area contributed by atoms with Gasteiger partial charge in [-0.2, -0.15) is 0 Å². The lowest BCUT2D eigenvalue weighted by Crippen LogP contribution is -2.50. The van der Waals surface area contributed by atoms with Crippen LogP contribution in [0.15, 0.2) is 24.3 Å². The van der Waals surface area contributed by atoms with Crippen molar-refractivity contribution < 1.29 is 18.0 Å². The molecule has 1 rings (SSSR count). The fourth-order valence-electron chi connectivity index (χ4n) is 3.20. The first-order chi connectivity index (χ1) is 11.6. The number of benzene rings is 1. The van der Waals surface area contributed by atoms with Crippen LogP contribution in [-0.2, 0) is 14.8 Å². The average molecular weight is 383 g/mol. The van der Waals surface area contributed by atoms with Gasteiger partial charge in [-0.25, -0.2) is 8.42 Å². The minimum absolute atomic E-state index is 0.0170. The van der Waals surface area contributed by atoms with Gasteiger partial charge in [-0.3, -0.25) is 13.9 Å². The van der Waals surface area contributed by atoms with Crippen LogP contribution < -0.4 is 9.62 Å². The van der Waals surface area contributed by atoms with E-state index in [0.717, 1.165) is 17.0 Å². The topological polar surface area (TPSA) is 83.6 Å². The van der Waals surface area contributed by atoms with Gasteiger partial charge in [-0.05, 0) is 44.7 Å². The number of ketones is 1. The summed E-state index contributed by atoms with van der Waals surface area (Å²) in [5, 5.41) is 2.91. The largest absolute Gasteiger partial charge is 0.350 e. The first-order valence-corrected chi connectivity index (χ1v) is 10.4. The molecule has 26 heavy (non-hydrogen) atoms.